The van der Waals surface area contributed by atoms with Gasteiger partial charge in [0.15, 0.2) is 5.78 Å². The summed E-state index contributed by atoms with van der Waals surface area (Å²) < 4.78 is 0. The Morgan fingerprint density at radius 1 is 1.58 bits per heavy atom. The molecule has 0 spiro atoms. The van der Waals surface area contributed by atoms with E-state index in [1.54, 1.807) is 12.2 Å². The van der Waals surface area contributed by atoms with Gasteiger partial charge in [-0.1, -0.05) is 18.2 Å². The molecule has 0 aromatic carbocycles. The third-order valence-corrected chi connectivity index (χ3v) is 1.47. The maximum atomic E-state index is 11.0. The third-order valence-electron chi connectivity index (χ3n) is 1.47. The highest BCUT2D eigenvalue weighted by atomic mass is 16.1. The van der Waals surface area contributed by atoms with E-state index in [0.717, 1.165) is 6.21 Å². The summed E-state index contributed by atoms with van der Waals surface area (Å²) in [6.07, 6.45) is 6.67. The van der Waals surface area contributed by atoms with Crippen molar-refractivity contribution in [3.63, 3.8) is 0 Å². The van der Waals surface area contributed by atoms with Crippen LogP contribution in [0.5, 0.6) is 0 Å². The summed E-state index contributed by atoms with van der Waals surface area (Å²) in [6, 6.07) is 0. The summed E-state index contributed by atoms with van der Waals surface area (Å²) in [5, 5.41) is 0. The van der Waals surface area contributed by atoms with E-state index in [9.17, 15) is 9.59 Å². The third kappa shape index (κ3) is 1.62. The zero-order valence-corrected chi connectivity index (χ0v) is 6.18. The molecular weight excluding hydrogens is 156 g/mol. The van der Waals surface area contributed by atoms with Gasteiger partial charge in [0, 0.05) is 0 Å². The van der Waals surface area contributed by atoms with E-state index >= 15 is 0 Å². The Kier molecular flexibility index (Phi) is 2.46. The largest absolute Gasteiger partial charge is 0.361 e. The number of rotatable bonds is 2. The van der Waals surface area contributed by atoms with Gasteiger partial charge in [-0.25, -0.2) is 0 Å². The maximum absolute atomic E-state index is 11.0. The van der Waals surface area contributed by atoms with Crippen LogP contribution in [-0.2, 0) is 9.59 Å². The van der Waals surface area contributed by atoms with Gasteiger partial charge in [-0.05, 0) is 6.08 Å². The van der Waals surface area contributed by atoms with Crippen molar-refractivity contribution in [2.45, 2.75) is 0 Å². The molecule has 4 heteroatoms. The first-order valence-electron chi connectivity index (χ1n) is 3.35. The second-order valence-electron chi connectivity index (χ2n) is 2.27. The van der Waals surface area contributed by atoms with Crippen LogP contribution in [0.2, 0.25) is 0 Å². The maximum Gasteiger partial charge on any atom is 0.324 e. The molecule has 1 unspecified atom stereocenters. The Hall–Kier alpha value is -1.80. The van der Waals surface area contributed by atoms with E-state index in [4.69, 9.17) is 5.53 Å². The average molecular weight is 162 g/mol. The van der Waals surface area contributed by atoms with Gasteiger partial charge < -0.3 is 5.53 Å². The van der Waals surface area contributed by atoms with Crippen molar-refractivity contribution in [3.05, 3.63) is 29.8 Å². The lowest BCUT2D eigenvalue weighted by Gasteiger charge is -2.03. The van der Waals surface area contributed by atoms with Gasteiger partial charge in [0.25, 0.3) is 5.78 Å². The zero-order valence-electron chi connectivity index (χ0n) is 6.18. The van der Waals surface area contributed by atoms with Crippen LogP contribution in [-0.4, -0.2) is 22.6 Å². The molecule has 0 aromatic rings. The first kappa shape index (κ1) is 8.30. The Morgan fingerprint density at radius 2 is 2.33 bits per heavy atom. The lowest BCUT2D eigenvalue weighted by molar-refractivity contribution is -0.126. The number of nitrogens with zero attached hydrogens (tertiary/aromatic N) is 2. The number of ketones is 2. The van der Waals surface area contributed by atoms with E-state index in [0.29, 0.717) is 0 Å². The molecule has 1 aliphatic rings. The van der Waals surface area contributed by atoms with Crippen LogP contribution in [0.15, 0.2) is 24.3 Å². The number of hydrogen-bond donors (Lipinski definition) is 0. The van der Waals surface area contributed by atoms with Crippen LogP contribution >= 0.6 is 0 Å². The van der Waals surface area contributed by atoms with Crippen molar-refractivity contribution in [2.24, 2.45) is 5.92 Å². The highest BCUT2D eigenvalue weighted by Crippen LogP contribution is 2.07. The second-order valence-corrected chi connectivity index (χ2v) is 2.27. The van der Waals surface area contributed by atoms with E-state index in [-0.39, 0.29) is 5.78 Å². The lowest BCUT2D eigenvalue weighted by Crippen LogP contribution is -2.23. The number of Topliss-reactive ketones (excluding diaryl/α,β-unsaturated/α-hetero) is 1. The van der Waals surface area contributed by atoms with Gasteiger partial charge >= 0.3 is 6.21 Å². The molecule has 0 saturated carbocycles. The number of carbonyl (C=O) groups excluding carboxylic acids is 2. The normalized spacial score (nSPS) is 20.3. The minimum Gasteiger partial charge on any atom is -0.361 e. The molecule has 4 nitrogen and oxygen atoms in total. The van der Waals surface area contributed by atoms with Gasteiger partial charge in [0.05, 0.1) is 0 Å². The predicted octanol–water partition coefficient (Wildman–Crippen LogP) is 0.167. The van der Waals surface area contributed by atoms with Gasteiger partial charge in [-0.3, -0.25) is 9.59 Å². The summed E-state index contributed by atoms with van der Waals surface area (Å²) in [6.45, 7) is 0. The van der Waals surface area contributed by atoms with Gasteiger partial charge in [0.1, 0.15) is 5.92 Å². The summed E-state index contributed by atoms with van der Waals surface area (Å²) in [5.74, 6) is -1.61. The molecule has 0 N–H and O–H groups in total. The second kappa shape index (κ2) is 3.55. The van der Waals surface area contributed by atoms with Crippen molar-refractivity contribution in [2.75, 3.05) is 0 Å². The van der Waals surface area contributed by atoms with E-state index < -0.39 is 11.7 Å². The Bertz CT molecular complexity index is 322. The van der Waals surface area contributed by atoms with Gasteiger partial charge in [-0.15, -0.1) is 0 Å². The molecule has 12 heavy (non-hydrogen) atoms. The molecular formula is C8H6N2O2. The molecule has 0 amide bonds. The van der Waals surface area contributed by atoms with Crippen molar-refractivity contribution in [1.82, 2.24) is 0 Å². The quantitative estimate of drug-likeness (QED) is 0.251. The van der Waals surface area contributed by atoms with Crippen LogP contribution < -0.4 is 0 Å². The van der Waals surface area contributed by atoms with E-state index in [2.05, 4.69) is 4.79 Å². The van der Waals surface area contributed by atoms with Crippen LogP contribution in [0.4, 0.5) is 0 Å². The molecule has 0 saturated heterocycles. The molecule has 1 rings (SSSR count). The summed E-state index contributed by atoms with van der Waals surface area (Å²) >= 11 is 0. The zero-order chi connectivity index (χ0) is 8.97. The number of carbonyl (C=O) groups is 2. The standard InChI is InChI=1S/C8H6N2O2/c9-10-5-8(12)6-3-1-2-4-7(6)11/h1-6H. The van der Waals surface area contributed by atoms with Crippen LogP contribution in [0.1, 0.15) is 0 Å². The molecule has 1 aliphatic carbocycles. The summed E-state index contributed by atoms with van der Waals surface area (Å²) in [4.78, 5) is 24.6. The molecule has 0 radical (unpaired) electrons. The fourth-order valence-corrected chi connectivity index (χ4v) is 0.896. The Balaban J connectivity index is 2.83. The first-order chi connectivity index (χ1) is 5.75. The minimum atomic E-state index is -0.814. The van der Waals surface area contributed by atoms with Crippen molar-refractivity contribution in [3.8, 4) is 0 Å². The molecule has 0 fully saturated rings. The topological polar surface area (TPSA) is 70.5 Å². The van der Waals surface area contributed by atoms with E-state index in [1.807, 2.05) is 0 Å². The fraction of sp³-hybridized carbons (Fsp3) is 0.125. The SMILES string of the molecule is [N-]=[N+]=CC(=O)C1C=CC=CC1=O. The Morgan fingerprint density at radius 3 is 2.92 bits per heavy atom. The van der Waals surface area contributed by atoms with Crippen molar-refractivity contribution in [1.29, 1.82) is 0 Å². The number of hydrogen-bond acceptors (Lipinski definition) is 2. The average Bonchev–Trinajstić information content (AvgIpc) is 2.05. The van der Waals surface area contributed by atoms with Crippen LogP contribution in [0, 0.1) is 5.92 Å². The highest BCUT2D eigenvalue weighted by molar-refractivity contribution is 6.33. The van der Waals surface area contributed by atoms with Crippen molar-refractivity contribution >= 4 is 17.8 Å². The molecule has 0 bridgehead atoms. The fourth-order valence-electron chi connectivity index (χ4n) is 0.896. The monoisotopic (exact) mass is 162 g/mol. The molecule has 1 atom stereocenters. The smallest absolute Gasteiger partial charge is 0.324 e. The molecule has 0 heterocycles. The van der Waals surface area contributed by atoms with Gasteiger partial charge in [0.2, 0.25) is 0 Å². The van der Waals surface area contributed by atoms with Crippen molar-refractivity contribution < 1.29 is 14.4 Å². The molecule has 0 aromatic heterocycles. The van der Waals surface area contributed by atoms with Crippen LogP contribution in [0.3, 0.4) is 0 Å². The highest BCUT2D eigenvalue weighted by Gasteiger charge is 2.24. The minimum absolute atomic E-state index is 0.289. The predicted molar refractivity (Wildman–Crippen MR) is 41.5 cm³/mol. The summed E-state index contributed by atoms with van der Waals surface area (Å²) in [5.41, 5.74) is 8.05. The summed E-state index contributed by atoms with van der Waals surface area (Å²) in [7, 11) is 0. The van der Waals surface area contributed by atoms with Crippen LogP contribution in [0.25, 0.3) is 5.53 Å². The lowest BCUT2D eigenvalue weighted by atomic mass is 9.95. The molecule has 0 aliphatic heterocycles. The Labute approximate surface area is 68.8 Å². The number of allylic oxidation sites excluding steroid dienone is 4. The molecule has 60 valence electrons. The van der Waals surface area contributed by atoms with E-state index in [1.165, 1.54) is 12.2 Å². The van der Waals surface area contributed by atoms with Gasteiger partial charge in [-0.2, -0.15) is 4.79 Å². The first-order valence-corrected chi connectivity index (χ1v) is 3.35.